The molecule has 1 aliphatic rings. The first kappa shape index (κ1) is 13.3. The number of hydrogen-bond donors (Lipinski definition) is 1. The van der Waals surface area contributed by atoms with Gasteiger partial charge in [-0.3, -0.25) is 0 Å². The molecule has 4 rings (SSSR count). The first-order valence-corrected chi connectivity index (χ1v) is 8.36. The molecule has 112 valence electrons. The molecule has 7 heteroatoms. The van der Waals surface area contributed by atoms with Crippen LogP contribution in [0.2, 0.25) is 0 Å². The zero-order valence-electron chi connectivity index (χ0n) is 11.6. The second-order valence-corrected chi connectivity index (χ2v) is 6.65. The predicted molar refractivity (Wildman–Crippen MR) is 81.6 cm³/mol. The maximum absolute atomic E-state index is 11.8. The molecule has 0 aliphatic carbocycles. The zero-order valence-corrected chi connectivity index (χ0v) is 12.4. The number of hydrogen-bond acceptors (Lipinski definition) is 4. The van der Waals surface area contributed by atoms with Crippen molar-refractivity contribution in [1.29, 1.82) is 0 Å². The van der Waals surface area contributed by atoms with Gasteiger partial charge in [0.15, 0.2) is 0 Å². The summed E-state index contributed by atoms with van der Waals surface area (Å²) in [5.74, 6) is 0.776. The fraction of sp³-hybridized carbons (Fsp3) is 0.133. The minimum Gasteiger partial charge on any atom is -0.492 e. The Labute approximate surface area is 127 Å². The van der Waals surface area contributed by atoms with Crippen molar-refractivity contribution in [2.24, 2.45) is 5.14 Å². The second kappa shape index (κ2) is 4.56. The number of aromatic nitrogens is 2. The van der Waals surface area contributed by atoms with E-state index in [-0.39, 0.29) is 4.90 Å². The van der Waals surface area contributed by atoms with Gasteiger partial charge in [0.25, 0.3) is 0 Å². The molecular weight excluding hydrogens is 302 g/mol. The van der Waals surface area contributed by atoms with Crippen molar-refractivity contribution >= 4 is 20.9 Å². The molecule has 0 saturated heterocycles. The van der Waals surface area contributed by atoms with Crippen molar-refractivity contribution in [2.75, 3.05) is 6.61 Å². The number of nitrogens with two attached hydrogens (primary N) is 1. The topological polar surface area (TPSA) is 87.2 Å². The Balaban J connectivity index is 2.07. The van der Waals surface area contributed by atoms with E-state index in [0.717, 1.165) is 22.3 Å². The van der Waals surface area contributed by atoms with Crippen LogP contribution < -0.4 is 9.88 Å². The fourth-order valence-electron chi connectivity index (χ4n) is 2.85. The molecule has 0 radical (unpaired) electrons. The van der Waals surface area contributed by atoms with Crippen molar-refractivity contribution in [2.45, 2.75) is 11.3 Å². The maximum Gasteiger partial charge on any atom is 0.240 e. The lowest BCUT2D eigenvalue weighted by Gasteiger charge is -2.16. The van der Waals surface area contributed by atoms with Crippen molar-refractivity contribution in [3.8, 4) is 11.4 Å². The SMILES string of the molecule is NS(=O)(=O)c1ccccc1-n1nc2cccc3c2c1CCO3. The molecule has 0 unspecified atom stereocenters. The summed E-state index contributed by atoms with van der Waals surface area (Å²) in [6.07, 6.45) is 0.659. The van der Waals surface area contributed by atoms with Gasteiger partial charge in [-0.15, -0.1) is 0 Å². The summed E-state index contributed by atoms with van der Waals surface area (Å²) in [7, 11) is -3.83. The lowest BCUT2D eigenvalue weighted by atomic mass is 10.1. The molecule has 2 N–H and O–H groups in total. The molecular formula is C15H13N3O3S. The van der Waals surface area contributed by atoms with Gasteiger partial charge in [-0.2, -0.15) is 5.10 Å². The number of primary sulfonamides is 1. The first-order chi connectivity index (χ1) is 10.6. The van der Waals surface area contributed by atoms with E-state index in [4.69, 9.17) is 9.88 Å². The van der Waals surface area contributed by atoms with Crippen LogP contribution in [0.1, 0.15) is 5.69 Å². The number of sulfonamides is 1. The van der Waals surface area contributed by atoms with E-state index in [0.29, 0.717) is 18.7 Å². The molecule has 0 amide bonds. The third-order valence-corrected chi connectivity index (χ3v) is 4.71. The van der Waals surface area contributed by atoms with Gasteiger partial charge in [0, 0.05) is 6.42 Å². The van der Waals surface area contributed by atoms with Crippen molar-refractivity contribution in [3.05, 3.63) is 48.2 Å². The normalized spacial score (nSPS) is 14.0. The van der Waals surface area contributed by atoms with Crippen LogP contribution in [-0.4, -0.2) is 24.8 Å². The number of rotatable bonds is 2. The van der Waals surface area contributed by atoms with Gasteiger partial charge in [-0.1, -0.05) is 18.2 Å². The minimum absolute atomic E-state index is 0.0621. The number of benzene rings is 2. The van der Waals surface area contributed by atoms with Gasteiger partial charge in [-0.05, 0) is 24.3 Å². The summed E-state index contributed by atoms with van der Waals surface area (Å²) in [6, 6.07) is 12.3. The van der Waals surface area contributed by atoms with Gasteiger partial charge >= 0.3 is 0 Å². The smallest absolute Gasteiger partial charge is 0.240 e. The van der Waals surface area contributed by atoms with E-state index in [2.05, 4.69) is 5.10 Å². The average molecular weight is 315 g/mol. The molecule has 0 fully saturated rings. The summed E-state index contributed by atoms with van der Waals surface area (Å²) in [5, 5.41) is 10.8. The van der Waals surface area contributed by atoms with Crippen LogP contribution >= 0.6 is 0 Å². The molecule has 0 saturated carbocycles. The molecule has 2 aromatic carbocycles. The van der Waals surface area contributed by atoms with E-state index in [1.807, 2.05) is 18.2 Å². The lowest BCUT2D eigenvalue weighted by molar-refractivity contribution is 0.315. The van der Waals surface area contributed by atoms with Gasteiger partial charge < -0.3 is 4.74 Å². The number of para-hydroxylation sites is 1. The van der Waals surface area contributed by atoms with E-state index < -0.39 is 10.0 Å². The van der Waals surface area contributed by atoms with Crippen LogP contribution in [0.25, 0.3) is 16.6 Å². The van der Waals surface area contributed by atoms with Crippen LogP contribution in [-0.2, 0) is 16.4 Å². The molecule has 0 atom stereocenters. The van der Waals surface area contributed by atoms with Gasteiger partial charge in [0.05, 0.1) is 28.9 Å². The summed E-state index contributed by atoms with van der Waals surface area (Å²) >= 11 is 0. The maximum atomic E-state index is 11.8. The highest BCUT2D eigenvalue weighted by molar-refractivity contribution is 7.89. The highest BCUT2D eigenvalue weighted by atomic mass is 32.2. The van der Waals surface area contributed by atoms with E-state index >= 15 is 0 Å². The molecule has 0 spiro atoms. The third-order valence-electron chi connectivity index (χ3n) is 3.75. The van der Waals surface area contributed by atoms with Gasteiger partial charge in [0.1, 0.15) is 10.6 Å². The van der Waals surface area contributed by atoms with Crippen LogP contribution in [0, 0.1) is 0 Å². The van der Waals surface area contributed by atoms with E-state index in [1.54, 1.807) is 22.9 Å². The van der Waals surface area contributed by atoms with E-state index in [9.17, 15) is 8.42 Å². The fourth-order valence-corrected chi connectivity index (χ4v) is 3.56. The molecule has 1 aliphatic heterocycles. The summed E-state index contributed by atoms with van der Waals surface area (Å²) in [4.78, 5) is 0.0621. The quantitative estimate of drug-likeness (QED) is 0.778. The van der Waals surface area contributed by atoms with Crippen LogP contribution in [0.3, 0.4) is 0 Å². The van der Waals surface area contributed by atoms with Crippen LogP contribution in [0.15, 0.2) is 47.4 Å². The molecule has 1 aromatic heterocycles. The number of nitrogens with zero attached hydrogens (tertiary/aromatic N) is 2. The Morgan fingerprint density at radius 2 is 1.95 bits per heavy atom. The summed E-state index contributed by atoms with van der Waals surface area (Å²) in [6.45, 7) is 0.537. The van der Waals surface area contributed by atoms with E-state index in [1.165, 1.54) is 6.07 Å². The zero-order chi connectivity index (χ0) is 15.3. The molecule has 22 heavy (non-hydrogen) atoms. The lowest BCUT2D eigenvalue weighted by Crippen LogP contribution is -2.17. The monoisotopic (exact) mass is 315 g/mol. The third kappa shape index (κ3) is 1.90. The largest absolute Gasteiger partial charge is 0.492 e. The molecule has 0 bridgehead atoms. The van der Waals surface area contributed by atoms with Crippen LogP contribution in [0.5, 0.6) is 5.75 Å². The predicted octanol–water partition coefficient (Wildman–Crippen LogP) is 1.61. The van der Waals surface area contributed by atoms with Gasteiger partial charge in [-0.25, -0.2) is 18.2 Å². The average Bonchev–Trinajstić information content (AvgIpc) is 2.88. The standard InChI is InChI=1S/C15H13N3O3S/c16-22(19,20)14-7-2-1-5-11(14)18-12-8-9-21-13-6-3-4-10(17-18)15(12)13/h1-7H,8-9H2,(H2,16,19,20). The Morgan fingerprint density at radius 1 is 1.14 bits per heavy atom. The minimum atomic E-state index is -3.83. The Morgan fingerprint density at radius 3 is 2.77 bits per heavy atom. The molecule has 6 nitrogen and oxygen atoms in total. The molecule has 2 heterocycles. The Bertz CT molecular complexity index is 992. The highest BCUT2D eigenvalue weighted by Gasteiger charge is 2.23. The Hall–Kier alpha value is -2.38. The first-order valence-electron chi connectivity index (χ1n) is 6.81. The van der Waals surface area contributed by atoms with Gasteiger partial charge in [0.2, 0.25) is 10.0 Å². The van der Waals surface area contributed by atoms with Crippen molar-refractivity contribution < 1.29 is 13.2 Å². The molecule has 3 aromatic rings. The van der Waals surface area contributed by atoms with Crippen molar-refractivity contribution in [3.63, 3.8) is 0 Å². The summed E-state index contributed by atoms with van der Waals surface area (Å²) < 4.78 is 31.0. The highest BCUT2D eigenvalue weighted by Crippen LogP contribution is 2.34. The number of ether oxygens (including phenoxy) is 1. The van der Waals surface area contributed by atoms with Crippen molar-refractivity contribution in [1.82, 2.24) is 9.78 Å². The summed E-state index contributed by atoms with van der Waals surface area (Å²) in [5.41, 5.74) is 2.17. The Kier molecular flexibility index (Phi) is 2.75. The van der Waals surface area contributed by atoms with Crippen LogP contribution in [0.4, 0.5) is 0 Å². The second-order valence-electron chi connectivity index (χ2n) is 5.12.